The van der Waals surface area contributed by atoms with Gasteiger partial charge in [-0.25, -0.2) is 4.39 Å². The van der Waals surface area contributed by atoms with Gasteiger partial charge in [0.15, 0.2) is 11.6 Å². The average molecular weight is 239 g/mol. The molecule has 0 bridgehead atoms. The van der Waals surface area contributed by atoms with E-state index in [1.807, 2.05) is 0 Å². The summed E-state index contributed by atoms with van der Waals surface area (Å²) in [6, 6.07) is 6.95. The molecular weight excluding hydrogens is 217 g/mol. The summed E-state index contributed by atoms with van der Waals surface area (Å²) in [6.45, 7) is 9.75. The fourth-order valence-electron chi connectivity index (χ4n) is 1.37. The third-order valence-corrected chi connectivity index (χ3v) is 2.44. The topological polar surface area (TPSA) is 21.3 Å². The number of rotatable bonds is 6. The Bertz CT molecular complexity index is 350. The highest BCUT2D eigenvalue weighted by Gasteiger charge is 2.19. The second kappa shape index (κ2) is 6.01. The molecule has 0 saturated carbocycles. The summed E-state index contributed by atoms with van der Waals surface area (Å²) in [5.74, 6) is 0.0187. The van der Waals surface area contributed by atoms with Crippen molar-refractivity contribution in [1.29, 1.82) is 0 Å². The number of halogens is 1. The van der Waals surface area contributed by atoms with Crippen LogP contribution in [0.1, 0.15) is 27.7 Å². The zero-order valence-corrected chi connectivity index (χ0v) is 11.1. The second-order valence-electron chi connectivity index (χ2n) is 5.42. The monoisotopic (exact) mass is 239 g/mol. The van der Waals surface area contributed by atoms with E-state index >= 15 is 0 Å². The summed E-state index contributed by atoms with van der Waals surface area (Å²) in [6.07, 6.45) is 0. The molecule has 1 aromatic carbocycles. The normalized spacial score (nSPS) is 11.9. The molecule has 1 aromatic rings. The van der Waals surface area contributed by atoms with Crippen LogP contribution in [0, 0.1) is 11.2 Å². The maximum atomic E-state index is 13.3. The lowest BCUT2D eigenvalue weighted by atomic mass is 9.94. The fraction of sp³-hybridized carbons (Fsp3) is 0.571. The molecule has 0 unspecified atom stereocenters. The number of para-hydroxylation sites is 1. The molecule has 0 spiro atoms. The highest BCUT2D eigenvalue weighted by atomic mass is 19.1. The first-order chi connectivity index (χ1) is 7.91. The van der Waals surface area contributed by atoms with Gasteiger partial charge in [-0.1, -0.05) is 39.8 Å². The Morgan fingerprint density at radius 2 is 1.94 bits per heavy atom. The van der Waals surface area contributed by atoms with Crippen LogP contribution >= 0.6 is 0 Å². The van der Waals surface area contributed by atoms with Gasteiger partial charge in [0, 0.05) is 18.0 Å². The van der Waals surface area contributed by atoms with Gasteiger partial charge < -0.3 is 10.1 Å². The maximum absolute atomic E-state index is 13.3. The molecule has 0 saturated heterocycles. The Labute approximate surface area is 103 Å². The summed E-state index contributed by atoms with van der Waals surface area (Å²) in [4.78, 5) is 0. The molecule has 0 aromatic heterocycles. The van der Waals surface area contributed by atoms with Crippen LogP contribution in [0.4, 0.5) is 4.39 Å². The van der Waals surface area contributed by atoms with Crippen LogP contribution in [-0.2, 0) is 0 Å². The van der Waals surface area contributed by atoms with Crippen molar-refractivity contribution in [3.63, 3.8) is 0 Å². The summed E-state index contributed by atoms with van der Waals surface area (Å²) in [5, 5.41) is 3.36. The Morgan fingerprint density at radius 1 is 1.29 bits per heavy atom. The van der Waals surface area contributed by atoms with Crippen LogP contribution in [0.15, 0.2) is 24.3 Å². The minimum Gasteiger partial charge on any atom is -0.490 e. The third-order valence-electron chi connectivity index (χ3n) is 2.44. The second-order valence-corrected chi connectivity index (χ2v) is 5.42. The Morgan fingerprint density at radius 3 is 2.53 bits per heavy atom. The zero-order valence-electron chi connectivity index (χ0n) is 11.1. The van der Waals surface area contributed by atoms with Crippen LogP contribution in [0.3, 0.4) is 0 Å². The van der Waals surface area contributed by atoms with Crippen molar-refractivity contribution in [2.75, 3.05) is 13.2 Å². The Balaban J connectivity index is 2.46. The van der Waals surface area contributed by atoms with Gasteiger partial charge in [0.2, 0.25) is 0 Å². The van der Waals surface area contributed by atoms with Crippen molar-refractivity contribution in [2.45, 2.75) is 33.7 Å². The molecule has 0 aliphatic rings. The van der Waals surface area contributed by atoms with Gasteiger partial charge in [0.1, 0.15) is 0 Å². The first kappa shape index (κ1) is 14.0. The van der Waals surface area contributed by atoms with Crippen molar-refractivity contribution in [1.82, 2.24) is 5.32 Å². The molecule has 0 aliphatic carbocycles. The van der Waals surface area contributed by atoms with Crippen LogP contribution < -0.4 is 10.1 Å². The average Bonchev–Trinajstić information content (AvgIpc) is 2.26. The zero-order chi connectivity index (χ0) is 12.9. The van der Waals surface area contributed by atoms with Gasteiger partial charge in [-0.2, -0.15) is 0 Å². The van der Waals surface area contributed by atoms with E-state index in [9.17, 15) is 4.39 Å². The van der Waals surface area contributed by atoms with Crippen molar-refractivity contribution < 1.29 is 9.13 Å². The highest BCUT2D eigenvalue weighted by Crippen LogP contribution is 2.20. The van der Waals surface area contributed by atoms with Crippen molar-refractivity contribution in [2.24, 2.45) is 5.41 Å². The van der Waals surface area contributed by atoms with E-state index in [2.05, 4.69) is 33.0 Å². The highest BCUT2D eigenvalue weighted by molar-refractivity contribution is 5.23. The number of nitrogens with one attached hydrogen (secondary N) is 1. The number of ether oxygens (including phenoxy) is 1. The van der Waals surface area contributed by atoms with Gasteiger partial charge in [-0.15, -0.1) is 0 Å². The molecule has 1 N–H and O–H groups in total. The van der Waals surface area contributed by atoms with Gasteiger partial charge in [-0.05, 0) is 12.1 Å². The molecule has 96 valence electrons. The smallest absolute Gasteiger partial charge is 0.165 e. The number of hydrogen-bond acceptors (Lipinski definition) is 2. The van der Waals surface area contributed by atoms with Crippen LogP contribution in [0.2, 0.25) is 0 Å². The number of hydrogen-bond donors (Lipinski definition) is 1. The fourth-order valence-corrected chi connectivity index (χ4v) is 1.37. The summed E-state index contributed by atoms with van der Waals surface area (Å²) < 4.78 is 18.9. The van der Waals surface area contributed by atoms with Gasteiger partial charge in [0.05, 0.1) is 6.61 Å². The van der Waals surface area contributed by atoms with Crippen molar-refractivity contribution >= 4 is 0 Å². The quantitative estimate of drug-likeness (QED) is 0.823. The van der Waals surface area contributed by atoms with E-state index < -0.39 is 0 Å². The minimum atomic E-state index is -0.305. The summed E-state index contributed by atoms with van der Waals surface area (Å²) in [5.41, 5.74) is -0.0213. The van der Waals surface area contributed by atoms with Gasteiger partial charge >= 0.3 is 0 Å². The van der Waals surface area contributed by atoms with Crippen LogP contribution in [0.25, 0.3) is 0 Å². The van der Waals surface area contributed by atoms with Crippen molar-refractivity contribution in [3.05, 3.63) is 30.1 Å². The van der Waals surface area contributed by atoms with E-state index in [1.165, 1.54) is 6.07 Å². The molecule has 3 heteroatoms. The molecular formula is C14H22FNO. The van der Waals surface area contributed by atoms with Crippen LogP contribution in [0.5, 0.6) is 5.75 Å². The Hall–Kier alpha value is -1.09. The van der Waals surface area contributed by atoms with E-state index in [0.29, 0.717) is 18.4 Å². The maximum Gasteiger partial charge on any atom is 0.165 e. The molecule has 0 aliphatic heterocycles. The summed E-state index contributed by atoms with van der Waals surface area (Å²) >= 11 is 0. The lowest BCUT2D eigenvalue weighted by Crippen LogP contribution is -2.37. The molecule has 0 amide bonds. The van der Waals surface area contributed by atoms with Gasteiger partial charge in [0.25, 0.3) is 0 Å². The van der Waals surface area contributed by atoms with E-state index in [0.717, 1.165) is 6.54 Å². The summed E-state index contributed by atoms with van der Waals surface area (Å²) in [7, 11) is 0. The van der Waals surface area contributed by atoms with E-state index in [4.69, 9.17) is 4.74 Å². The predicted molar refractivity (Wildman–Crippen MR) is 68.8 cm³/mol. The Kier molecular flexibility index (Phi) is 4.94. The van der Waals surface area contributed by atoms with Crippen LogP contribution in [-0.4, -0.2) is 19.2 Å². The first-order valence-electron chi connectivity index (χ1n) is 6.01. The van der Waals surface area contributed by atoms with E-state index in [-0.39, 0.29) is 11.2 Å². The minimum absolute atomic E-state index is 0.0213. The first-order valence-corrected chi connectivity index (χ1v) is 6.01. The van der Waals surface area contributed by atoms with Gasteiger partial charge in [-0.3, -0.25) is 0 Å². The lowest BCUT2D eigenvalue weighted by molar-refractivity contribution is 0.168. The molecule has 0 radical (unpaired) electrons. The third kappa shape index (κ3) is 5.18. The molecule has 17 heavy (non-hydrogen) atoms. The molecule has 1 rings (SSSR count). The van der Waals surface area contributed by atoms with Crippen molar-refractivity contribution in [3.8, 4) is 5.75 Å². The molecule has 2 nitrogen and oxygen atoms in total. The molecule has 0 heterocycles. The lowest BCUT2D eigenvalue weighted by Gasteiger charge is -2.26. The molecule has 0 atom stereocenters. The van der Waals surface area contributed by atoms with E-state index in [1.54, 1.807) is 18.2 Å². The number of benzene rings is 1. The molecule has 0 fully saturated rings. The standard InChI is InChI=1S/C14H22FNO/c1-11(2)16-9-14(3,4)10-17-13-8-6-5-7-12(13)15/h5-8,11,16H,9-10H2,1-4H3. The largest absolute Gasteiger partial charge is 0.490 e. The SMILES string of the molecule is CC(C)NCC(C)(C)COc1ccccc1F. The predicted octanol–water partition coefficient (Wildman–Crippen LogP) is 3.23.